The minimum Gasteiger partial charge on any atom is -0.317 e. The molecule has 84 valence electrons. The molecule has 2 aliphatic rings. The maximum Gasteiger partial charge on any atom is 0.236 e. The van der Waals surface area contributed by atoms with E-state index in [2.05, 4.69) is 10.2 Å². The van der Waals surface area contributed by atoms with Gasteiger partial charge in [0.15, 0.2) is 0 Å². The predicted molar refractivity (Wildman–Crippen MR) is 62.6 cm³/mol. The van der Waals surface area contributed by atoms with Crippen molar-refractivity contribution in [3.05, 3.63) is 11.6 Å². The van der Waals surface area contributed by atoms with Gasteiger partial charge < -0.3 is 10.2 Å². The van der Waals surface area contributed by atoms with Gasteiger partial charge in [-0.2, -0.15) is 0 Å². The van der Waals surface area contributed by atoms with Crippen molar-refractivity contribution in [2.75, 3.05) is 45.0 Å². The van der Waals surface area contributed by atoms with Gasteiger partial charge in [-0.1, -0.05) is 0 Å². The van der Waals surface area contributed by atoms with Crippen LogP contribution in [0.25, 0.3) is 0 Å². The first-order valence-electron chi connectivity index (χ1n) is 5.37. The lowest BCUT2D eigenvalue weighted by atomic mass is 10.3. The second-order valence-corrected chi connectivity index (χ2v) is 4.67. The molecule has 2 rings (SSSR count). The minimum atomic E-state index is 0.234. The Morgan fingerprint density at radius 1 is 1.33 bits per heavy atom. The van der Waals surface area contributed by atoms with Gasteiger partial charge in [-0.15, -0.1) is 11.8 Å². The molecule has 1 N–H and O–H groups in total. The first-order valence-corrected chi connectivity index (χ1v) is 6.42. The molecule has 0 bridgehead atoms. The average Bonchev–Trinajstić information content (AvgIpc) is 2.29. The first-order chi connectivity index (χ1) is 7.36. The summed E-state index contributed by atoms with van der Waals surface area (Å²) in [5.74, 6) is 0.829. The third kappa shape index (κ3) is 3.22. The third-order valence-corrected chi connectivity index (χ3v) is 3.46. The molecule has 1 fully saturated rings. The smallest absolute Gasteiger partial charge is 0.236 e. The molecule has 15 heavy (non-hydrogen) atoms. The molecule has 0 saturated carbocycles. The second kappa shape index (κ2) is 5.53. The van der Waals surface area contributed by atoms with E-state index in [0.717, 1.165) is 39.3 Å². The van der Waals surface area contributed by atoms with Crippen LogP contribution in [0.2, 0.25) is 0 Å². The first kappa shape index (κ1) is 11.0. The van der Waals surface area contributed by atoms with Gasteiger partial charge in [-0.3, -0.25) is 9.69 Å². The van der Waals surface area contributed by atoms with Crippen LogP contribution in [-0.4, -0.2) is 60.7 Å². The van der Waals surface area contributed by atoms with Crippen LogP contribution < -0.4 is 5.32 Å². The van der Waals surface area contributed by atoms with Gasteiger partial charge in [0.2, 0.25) is 5.91 Å². The summed E-state index contributed by atoms with van der Waals surface area (Å²) in [4.78, 5) is 15.7. The van der Waals surface area contributed by atoms with Crippen LogP contribution in [0.1, 0.15) is 0 Å². The number of hydrogen-bond donors (Lipinski definition) is 1. The van der Waals surface area contributed by atoms with E-state index >= 15 is 0 Å². The van der Waals surface area contributed by atoms with E-state index in [1.54, 1.807) is 11.8 Å². The van der Waals surface area contributed by atoms with Crippen LogP contribution in [0.3, 0.4) is 0 Å². The number of carbonyl (C=O) groups is 1. The van der Waals surface area contributed by atoms with Crippen molar-refractivity contribution in [1.29, 1.82) is 0 Å². The Balaban J connectivity index is 1.74. The molecule has 0 spiro atoms. The molecular weight excluding hydrogens is 210 g/mol. The van der Waals surface area contributed by atoms with Crippen LogP contribution in [-0.2, 0) is 4.79 Å². The molecule has 2 aliphatic heterocycles. The monoisotopic (exact) mass is 227 g/mol. The summed E-state index contributed by atoms with van der Waals surface area (Å²) in [5.41, 5.74) is 0. The molecule has 5 heteroatoms. The summed E-state index contributed by atoms with van der Waals surface area (Å²) in [6.45, 7) is 6.15. The Labute approximate surface area is 94.7 Å². The molecule has 0 aromatic carbocycles. The van der Waals surface area contributed by atoms with Gasteiger partial charge in [0.05, 0.1) is 5.75 Å². The molecule has 1 amide bonds. The quantitative estimate of drug-likeness (QED) is 0.732. The molecule has 0 atom stereocenters. The molecule has 1 saturated heterocycles. The number of nitrogens with one attached hydrogen (secondary N) is 1. The van der Waals surface area contributed by atoms with Gasteiger partial charge in [0, 0.05) is 45.5 Å². The number of piperazine rings is 1. The number of carbonyl (C=O) groups excluding carboxylic acids is 1. The number of thioether (sulfide) groups is 1. The Morgan fingerprint density at radius 2 is 2.13 bits per heavy atom. The molecule has 0 aromatic heterocycles. The highest BCUT2D eigenvalue weighted by molar-refractivity contribution is 8.02. The zero-order valence-corrected chi connectivity index (χ0v) is 9.63. The molecular formula is C10H17N3OS. The maximum atomic E-state index is 11.5. The topological polar surface area (TPSA) is 35.6 Å². The fourth-order valence-corrected chi connectivity index (χ4v) is 2.42. The molecule has 0 aliphatic carbocycles. The summed E-state index contributed by atoms with van der Waals surface area (Å²) >= 11 is 1.57. The van der Waals surface area contributed by atoms with Crippen molar-refractivity contribution < 1.29 is 4.79 Å². The fourth-order valence-electron chi connectivity index (χ4n) is 1.79. The third-order valence-electron chi connectivity index (χ3n) is 2.73. The SMILES string of the molecule is O=C1CSC=CN1CCN1CCNCC1. The van der Waals surface area contributed by atoms with E-state index in [4.69, 9.17) is 0 Å². The highest BCUT2D eigenvalue weighted by Gasteiger charge is 2.16. The second-order valence-electron chi connectivity index (χ2n) is 3.77. The predicted octanol–water partition coefficient (Wildman–Crippen LogP) is -0.0618. The number of nitrogens with zero attached hydrogens (tertiary/aromatic N) is 2. The largest absolute Gasteiger partial charge is 0.317 e. The Kier molecular flexibility index (Phi) is 4.05. The van der Waals surface area contributed by atoms with E-state index in [-0.39, 0.29) is 5.91 Å². The molecule has 0 aromatic rings. The van der Waals surface area contributed by atoms with Crippen LogP contribution in [0, 0.1) is 0 Å². The van der Waals surface area contributed by atoms with E-state index in [1.807, 2.05) is 16.5 Å². The Hall–Kier alpha value is -0.520. The average molecular weight is 227 g/mol. The maximum absolute atomic E-state index is 11.5. The number of hydrogen-bond acceptors (Lipinski definition) is 4. The van der Waals surface area contributed by atoms with Crippen molar-refractivity contribution in [2.24, 2.45) is 0 Å². The van der Waals surface area contributed by atoms with Crippen molar-refractivity contribution in [1.82, 2.24) is 15.1 Å². The van der Waals surface area contributed by atoms with E-state index in [9.17, 15) is 4.79 Å². The Bertz CT molecular complexity index is 251. The number of rotatable bonds is 3. The van der Waals surface area contributed by atoms with E-state index < -0.39 is 0 Å². The summed E-state index contributed by atoms with van der Waals surface area (Å²) in [5, 5.41) is 5.32. The summed E-state index contributed by atoms with van der Waals surface area (Å²) in [6.07, 6.45) is 1.90. The van der Waals surface area contributed by atoms with Crippen LogP contribution in [0.15, 0.2) is 11.6 Å². The highest BCUT2D eigenvalue weighted by atomic mass is 32.2. The van der Waals surface area contributed by atoms with Crippen molar-refractivity contribution >= 4 is 17.7 Å². The molecule has 4 nitrogen and oxygen atoms in total. The summed E-state index contributed by atoms with van der Waals surface area (Å²) in [7, 11) is 0. The van der Waals surface area contributed by atoms with Crippen LogP contribution in [0.4, 0.5) is 0 Å². The minimum absolute atomic E-state index is 0.234. The summed E-state index contributed by atoms with van der Waals surface area (Å²) < 4.78 is 0. The van der Waals surface area contributed by atoms with Crippen LogP contribution >= 0.6 is 11.8 Å². The van der Waals surface area contributed by atoms with E-state index in [0.29, 0.717) is 5.75 Å². The lowest BCUT2D eigenvalue weighted by molar-refractivity contribution is -0.126. The lowest BCUT2D eigenvalue weighted by Gasteiger charge is -2.29. The van der Waals surface area contributed by atoms with Crippen molar-refractivity contribution in [2.45, 2.75) is 0 Å². The molecule has 0 unspecified atom stereocenters. The van der Waals surface area contributed by atoms with Gasteiger partial charge >= 0.3 is 0 Å². The number of amides is 1. The van der Waals surface area contributed by atoms with Gasteiger partial charge in [0.25, 0.3) is 0 Å². The van der Waals surface area contributed by atoms with Gasteiger partial charge in [-0.25, -0.2) is 0 Å². The van der Waals surface area contributed by atoms with Crippen LogP contribution in [0.5, 0.6) is 0 Å². The van der Waals surface area contributed by atoms with Crippen molar-refractivity contribution in [3.8, 4) is 0 Å². The lowest BCUT2D eigenvalue weighted by Crippen LogP contribution is -2.46. The van der Waals surface area contributed by atoms with Crippen molar-refractivity contribution in [3.63, 3.8) is 0 Å². The normalized spacial score (nSPS) is 23.5. The standard InChI is InChI=1S/C10H17N3OS/c14-10-9-15-8-7-13(10)6-5-12-3-1-11-2-4-12/h7-8,11H,1-6,9H2. The summed E-state index contributed by atoms with van der Waals surface area (Å²) in [6, 6.07) is 0. The van der Waals surface area contributed by atoms with Gasteiger partial charge in [0.1, 0.15) is 0 Å². The fraction of sp³-hybridized carbons (Fsp3) is 0.700. The Morgan fingerprint density at radius 3 is 2.87 bits per heavy atom. The highest BCUT2D eigenvalue weighted by Crippen LogP contribution is 2.11. The molecule has 0 radical (unpaired) electrons. The van der Waals surface area contributed by atoms with E-state index in [1.165, 1.54) is 0 Å². The zero-order valence-electron chi connectivity index (χ0n) is 8.82. The van der Waals surface area contributed by atoms with Gasteiger partial charge in [-0.05, 0) is 5.41 Å². The molecule has 2 heterocycles. The zero-order chi connectivity index (χ0) is 10.5.